The summed E-state index contributed by atoms with van der Waals surface area (Å²) < 4.78 is 19.5. The maximum atomic E-state index is 11.9. The monoisotopic (exact) mass is 377 g/mol. The zero-order chi connectivity index (χ0) is 19.8. The third kappa shape index (κ3) is 4.55. The van der Waals surface area contributed by atoms with Crippen LogP contribution in [0.2, 0.25) is 0 Å². The fourth-order valence-corrected chi connectivity index (χ4v) is 3.31. The first kappa shape index (κ1) is 20.4. The molecule has 3 heterocycles. The molecule has 0 N–H and O–H groups in total. The third-order valence-electron chi connectivity index (χ3n) is 5.70. The molecule has 7 nitrogen and oxygen atoms in total. The second kappa shape index (κ2) is 7.56. The number of carbonyl (C=O) groups excluding carboxylic acids is 1. The van der Waals surface area contributed by atoms with Crippen molar-refractivity contribution in [3.63, 3.8) is 0 Å². The number of esters is 1. The van der Waals surface area contributed by atoms with Gasteiger partial charge in [0.05, 0.1) is 30.4 Å². The van der Waals surface area contributed by atoms with Crippen LogP contribution in [-0.2, 0) is 18.8 Å². The minimum absolute atomic E-state index is 0.150. The van der Waals surface area contributed by atoms with Crippen LogP contribution in [0.3, 0.4) is 0 Å². The van der Waals surface area contributed by atoms with Crippen molar-refractivity contribution < 1.29 is 18.8 Å². The van der Waals surface area contributed by atoms with Crippen molar-refractivity contribution in [2.75, 3.05) is 26.2 Å². The zero-order valence-corrected chi connectivity index (χ0v) is 17.4. The summed E-state index contributed by atoms with van der Waals surface area (Å²) in [6, 6.07) is 0.249. The van der Waals surface area contributed by atoms with E-state index in [-0.39, 0.29) is 23.2 Å². The van der Waals surface area contributed by atoms with E-state index in [1.807, 2.05) is 58.6 Å². The molecule has 3 rings (SSSR count). The number of likely N-dealkylation sites (tertiary alicyclic amines) is 1. The summed E-state index contributed by atoms with van der Waals surface area (Å²) in [5.41, 5.74) is 0.212. The molecule has 1 aromatic heterocycles. The molecule has 2 aliphatic heterocycles. The lowest BCUT2D eigenvalue weighted by atomic mass is 9.82. The Labute approximate surface area is 162 Å². The summed E-state index contributed by atoms with van der Waals surface area (Å²) >= 11 is 0. The average molecular weight is 377 g/mol. The van der Waals surface area contributed by atoms with Gasteiger partial charge < -0.3 is 14.0 Å². The van der Waals surface area contributed by atoms with Gasteiger partial charge in [-0.05, 0) is 40.0 Å². The van der Waals surface area contributed by atoms with Crippen molar-refractivity contribution in [2.45, 2.75) is 65.2 Å². The van der Waals surface area contributed by atoms with E-state index < -0.39 is 7.12 Å². The number of ether oxygens (including phenoxy) is 1. The standard InChI is InChI=1S/C19H32BN3O4/c1-14(2)13-25-17(24)12-22-8-7-16(11-22)23-10-15(9-21-23)20-26-18(3,4)19(5,6)27-20/h9-10,14,16H,7-8,11-13H2,1-6H3. The highest BCUT2D eigenvalue weighted by Gasteiger charge is 2.52. The molecule has 0 radical (unpaired) electrons. The van der Waals surface area contributed by atoms with Crippen LogP contribution < -0.4 is 5.46 Å². The van der Waals surface area contributed by atoms with Crippen LogP contribution >= 0.6 is 0 Å². The average Bonchev–Trinajstić information content (AvgIpc) is 3.24. The number of nitrogens with zero attached hydrogens (tertiary/aromatic N) is 3. The zero-order valence-electron chi connectivity index (χ0n) is 17.4. The lowest BCUT2D eigenvalue weighted by Gasteiger charge is -2.32. The van der Waals surface area contributed by atoms with Gasteiger partial charge in [-0.1, -0.05) is 13.8 Å². The largest absolute Gasteiger partial charge is 0.498 e. The van der Waals surface area contributed by atoms with Gasteiger partial charge >= 0.3 is 13.1 Å². The Morgan fingerprint density at radius 1 is 1.33 bits per heavy atom. The molecule has 0 amide bonds. The molecule has 2 aliphatic rings. The topological polar surface area (TPSA) is 65.8 Å². The second-order valence-corrected chi connectivity index (χ2v) is 9.10. The highest BCUT2D eigenvalue weighted by atomic mass is 16.7. The lowest BCUT2D eigenvalue weighted by molar-refractivity contribution is -0.145. The van der Waals surface area contributed by atoms with Crippen molar-refractivity contribution in [3.8, 4) is 0 Å². The maximum Gasteiger partial charge on any atom is 0.498 e. The summed E-state index contributed by atoms with van der Waals surface area (Å²) in [6.45, 7) is 14.7. The summed E-state index contributed by atoms with van der Waals surface area (Å²) in [5, 5.41) is 4.53. The Morgan fingerprint density at radius 2 is 2.00 bits per heavy atom. The van der Waals surface area contributed by atoms with Crippen LogP contribution in [-0.4, -0.2) is 65.2 Å². The molecule has 150 valence electrons. The molecule has 0 bridgehead atoms. The first-order valence-electron chi connectivity index (χ1n) is 9.85. The van der Waals surface area contributed by atoms with Crippen LogP contribution in [0.4, 0.5) is 0 Å². The fourth-order valence-electron chi connectivity index (χ4n) is 3.31. The van der Waals surface area contributed by atoms with E-state index in [1.165, 1.54) is 0 Å². The van der Waals surface area contributed by atoms with Crippen LogP contribution in [0.15, 0.2) is 12.4 Å². The third-order valence-corrected chi connectivity index (χ3v) is 5.70. The Kier molecular flexibility index (Phi) is 5.70. The molecule has 1 aromatic rings. The molecular weight excluding hydrogens is 345 g/mol. The molecule has 1 atom stereocenters. The van der Waals surface area contributed by atoms with Crippen LogP contribution in [0.25, 0.3) is 0 Å². The van der Waals surface area contributed by atoms with E-state index in [1.54, 1.807) is 0 Å². The van der Waals surface area contributed by atoms with E-state index in [0.29, 0.717) is 19.1 Å². The SMILES string of the molecule is CC(C)COC(=O)CN1CCC(n2cc(B3OC(C)(C)C(C)(C)O3)cn2)C1. The van der Waals surface area contributed by atoms with E-state index in [2.05, 4.69) is 10.00 Å². The Balaban J connectivity index is 1.55. The predicted octanol–water partition coefficient (Wildman–Crippen LogP) is 1.63. The van der Waals surface area contributed by atoms with E-state index in [0.717, 1.165) is 25.0 Å². The van der Waals surface area contributed by atoms with Crippen molar-refractivity contribution in [3.05, 3.63) is 12.4 Å². The first-order chi connectivity index (χ1) is 12.6. The summed E-state index contributed by atoms with van der Waals surface area (Å²) in [5.74, 6) is 0.209. The number of aromatic nitrogens is 2. The molecule has 0 aliphatic carbocycles. The van der Waals surface area contributed by atoms with Gasteiger partial charge in [0, 0.05) is 30.9 Å². The van der Waals surface area contributed by atoms with Gasteiger partial charge in [-0.15, -0.1) is 0 Å². The van der Waals surface area contributed by atoms with Crippen molar-refractivity contribution in [2.24, 2.45) is 5.92 Å². The first-order valence-corrected chi connectivity index (χ1v) is 9.85. The van der Waals surface area contributed by atoms with E-state index in [4.69, 9.17) is 14.0 Å². The van der Waals surface area contributed by atoms with Gasteiger partial charge in [0.15, 0.2) is 0 Å². The van der Waals surface area contributed by atoms with Crippen LogP contribution in [0, 0.1) is 5.92 Å². The van der Waals surface area contributed by atoms with Gasteiger partial charge in [0.1, 0.15) is 0 Å². The molecule has 0 spiro atoms. The van der Waals surface area contributed by atoms with Gasteiger partial charge in [0.25, 0.3) is 0 Å². The summed E-state index contributed by atoms with van der Waals surface area (Å²) in [4.78, 5) is 14.1. The molecule has 2 saturated heterocycles. The normalized spacial score (nSPS) is 24.7. The van der Waals surface area contributed by atoms with Crippen molar-refractivity contribution in [1.29, 1.82) is 0 Å². The minimum Gasteiger partial charge on any atom is -0.464 e. The maximum absolute atomic E-state index is 11.9. The fraction of sp³-hybridized carbons (Fsp3) is 0.789. The van der Waals surface area contributed by atoms with E-state index in [9.17, 15) is 4.79 Å². The molecule has 0 aromatic carbocycles. The minimum atomic E-state index is -0.396. The van der Waals surface area contributed by atoms with Gasteiger partial charge in [-0.3, -0.25) is 14.4 Å². The molecule has 1 unspecified atom stereocenters. The van der Waals surface area contributed by atoms with Crippen molar-refractivity contribution >= 4 is 18.6 Å². The van der Waals surface area contributed by atoms with Crippen LogP contribution in [0.5, 0.6) is 0 Å². The molecule has 2 fully saturated rings. The predicted molar refractivity (Wildman–Crippen MR) is 104 cm³/mol. The van der Waals surface area contributed by atoms with Gasteiger partial charge in [-0.2, -0.15) is 5.10 Å². The second-order valence-electron chi connectivity index (χ2n) is 9.10. The van der Waals surface area contributed by atoms with Gasteiger partial charge in [0.2, 0.25) is 0 Å². The number of hydrogen-bond acceptors (Lipinski definition) is 6. The highest BCUT2D eigenvalue weighted by Crippen LogP contribution is 2.36. The molecule has 8 heteroatoms. The summed E-state index contributed by atoms with van der Waals surface area (Å²) in [7, 11) is -0.396. The Bertz CT molecular complexity index is 658. The number of hydrogen-bond donors (Lipinski definition) is 0. The highest BCUT2D eigenvalue weighted by molar-refractivity contribution is 6.62. The van der Waals surface area contributed by atoms with Gasteiger partial charge in [-0.25, -0.2) is 0 Å². The Hall–Kier alpha value is -1.38. The Morgan fingerprint density at radius 3 is 2.63 bits per heavy atom. The van der Waals surface area contributed by atoms with E-state index >= 15 is 0 Å². The molecule has 27 heavy (non-hydrogen) atoms. The van der Waals surface area contributed by atoms with Crippen LogP contribution in [0.1, 0.15) is 54.0 Å². The number of rotatable bonds is 6. The smallest absolute Gasteiger partial charge is 0.464 e. The number of carbonyl (C=O) groups is 1. The quantitative estimate of drug-likeness (QED) is 0.555. The van der Waals surface area contributed by atoms with Crippen molar-refractivity contribution in [1.82, 2.24) is 14.7 Å². The molecule has 0 saturated carbocycles. The lowest BCUT2D eigenvalue weighted by Crippen LogP contribution is -2.41. The summed E-state index contributed by atoms with van der Waals surface area (Å²) in [6.07, 6.45) is 4.79. The molecular formula is C19H32BN3O4.